The zero-order chi connectivity index (χ0) is 11.3. The molecule has 0 saturated heterocycles. The zero-order valence-corrected chi connectivity index (χ0v) is 9.41. The number of carbonyl (C=O) groups excluding carboxylic acids is 1. The molecule has 1 rings (SSSR count). The molecule has 0 spiro atoms. The standard InChI is InChI=1S/C10H17N3O2/c1-8-6-9(15-12-8)7-11-5-4-10(14)13(2)3/h6,11H,4-5,7H2,1-3H3. The average molecular weight is 211 g/mol. The van der Waals surface area contributed by atoms with E-state index in [1.165, 1.54) is 0 Å². The molecule has 1 heterocycles. The van der Waals surface area contributed by atoms with Gasteiger partial charge in [0.05, 0.1) is 12.2 Å². The second-order valence-corrected chi connectivity index (χ2v) is 3.65. The van der Waals surface area contributed by atoms with Crippen LogP contribution in [-0.2, 0) is 11.3 Å². The van der Waals surface area contributed by atoms with Crippen molar-refractivity contribution in [1.29, 1.82) is 0 Å². The van der Waals surface area contributed by atoms with Crippen LogP contribution in [0.3, 0.4) is 0 Å². The van der Waals surface area contributed by atoms with Crippen molar-refractivity contribution in [2.75, 3.05) is 20.6 Å². The maximum atomic E-state index is 11.2. The van der Waals surface area contributed by atoms with E-state index in [0.29, 0.717) is 19.5 Å². The molecule has 0 aliphatic heterocycles. The lowest BCUT2D eigenvalue weighted by molar-refractivity contribution is -0.128. The summed E-state index contributed by atoms with van der Waals surface area (Å²) in [5, 5.41) is 6.89. The molecule has 0 aliphatic carbocycles. The van der Waals surface area contributed by atoms with Gasteiger partial charge in [-0.05, 0) is 6.92 Å². The van der Waals surface area contributed by atoms with Gasteiger partial charge in [-0.2, -0.15) is 0 Å². The molecule has 1 aromatic rings. The van der Waals surface area contributed by atoms with Gasteiger partial charge in [0.25, 0.3) is 0 Å². The Bertz CT molecular complexity index is 320. The first kappa shape index (κ1) is 11.7. The molecular weight excluding hydrogens is 194 g/mol. The smallest absolute Gasteiger partial charge is 0.223 e. The number of rotatable bonds is 5. The molecule has 5 heteroatoms. The van der Waals surface area contributed by atoms with Crippen molar-refractivity contribution in [1.82, 2.24) is 15.4 Å². The molecule has 0 aliphatic rings. The Labute approximate surface area is 89.4 Å². The quantitative estimate of drug-likeness (QED) is 0.723. The molecule has 1 aromatic heterocycles. The number of hydrogen-bond donors (Lipinski definition) is 1. The molecule has 1 N–H and O–H groups in total. The maximum absolute atomic E-state index is 11.2. The highest BCUT2D eigenvalue weighted by atomic mass is 16.5. The minimum atomic E-state index is 0.122. The van der Waals surface area contributed by atoms with Crippen LogP contribution in [0.5, 0.6) is 0 Å². The Morgan fingerprint density at radius 2 is 2.33 bits per heavy atom. The number of amides is 1. The summed E-state index contributed by atoms with van der Waals surface area (Å²) >= 11 is 0. The molecule has 0 unspecified atom stereocenters. The fourth-order valence-corrected chi connectivity index (χ4v) is 1.13. The van der Waals surface area contributed by atoms with E-state index in [-0.39, 0.29) is 5.91 Å². The van der Waals surface area contributed by atoms with E-state index in [9.17, 15) is 4.79 Å². The van der Waals surface area contributed by atoms with E-state index in [4.69, 9.17) is 4.52 Å². The summed E-state index contributed by atoms with van der Waals surface area (Å²) in [5.41, 5.74) is 0.871. The minimum Gasteiger partial charge on any atom is -0.360 e. The number of hydrogen-bond acceptors (Lipinski definition) is 4. The van der Waals surface area contributed by atoms with Gasteiger partial charge in [-0.1, -0.05) is 5.16 Å². The summed E-state index contributed by atoms with van der Waals surface area (Å²) in [5.74, 6) is 0.918. The monoisotopic (exact) mass is 211 g/mol. The highest BCUT2D eigenvalue weighted by molar-refractivity contribution is 5.75. The van der Waals surface area contributed by atoms with Crippen LogP contribution in [0.1, 0.15) is 17.9 Å². The van der Waals surface area contributed by atoms with Gasteiger partial charge in [0.1, 0.15) is 0 Å². The molecule has 15 heavy (non-hydrogen) atoms. The predicted molar refractivity (Wildman–Crippen MR) is 56.3 cm³/mol. The van der Waals surface area contributed by atoms with Gasteiger partial charge in [0.15, 0.2) is 5.76 Å². The van der Waals surface area contributed by atoms with Gasteiger partial charge >= 0.3 is 0 Å². The van der Waals surface area contributed by atoms with E-state index < -0.39 is 0 Å². The fraction of sp³-hybridized carbons (Fsp3) is 0.600. The van der Waals surface area contributed by atoms with Crippen LogP contribution >= 0.6 is 0 Å². The summed E-state index contributed by atoms with van der Waals surface area (Å²) in [6.07, 6.45) is 0.500. The zero-order valence-electron chi connectivity index (χ0n) is 9.41. The van der Waals surface area contributed by atoms with Crippen molar-refractivity contribution in [3.8, 4) is 0 Å². The molecule has 0 saturated carbocycles. The second-order valence-electron chi connectivity index (χ2n) is 3.65. The van der Waals surface area contributed by atoms with E-state index >= 15 is 0 Å². The Morgan fingerprint density at radius 1 is 1.60 bits per heavy atom. The molecule has 84 valence electrons. The van der Waals surface area contributed by atoms with Crippen LogP contribution in [-0.4, -0.2) is 36.6 Å². The first-order valence-electron chi connectivity index (χ1n) is 4.92. The number of carbonyl (C=O) groups is 1. The largest absolute Gasteiger partial charge is 0.360 e. The SMILES string of the molecule is Cc1cc(CNCCC(=O)N(C)C)on1. The van der Waals surface area contributed by atoms with Gasteiger partial charge < -0.3 is 14.7 Å². The predicted octanol–water partition coefficient (Wildman–Crippen LogP) is 0.551. The summed E-state index contributed by atoms with van der Waals surface area (Å²) in [4.78, 5) is 12.8. The normalized spacial score (nSPS) is 10.3. The van der Waals surface area contributed by atoms with Crippen molar-refractivity contribution >= 4 is 5.91 Å². The number of aryl methyl sites for hydroxylation is 1. The third-order valence-corrected chi connectivity index (χ3v) is 1.99. The van der Waals surface area contributed by atoms with Gasteiger partial charge in [-0.15, -0.1) is 0 Å². The number of nitrogens with zero attached hydrogens (tertiary/aromatic N) is 2. The van der Waals surface area contributed by atoms with E-state index in [1.54, 1.807) is 19.0 Å². The van der Waals surface area contributed by atoms with E-state index in [0.717, 1.165) is 11.5 Å². The Morgan fingerprint density at radius 3 is 2.87 bits per heavy atom. The lowest BCUT2D eigenvalue weighted by Gasteiger charge is -2.09. The lowest BCUT2D eigenvalue weighted by Crippen LogP contribution is -2.26. The topological polar surface area (TPSA) is 58.4 Å². The summed E-state index contributed by atoms with van der Waals surface area (Å²) in [6, 6.07) is 1.88. The minimum absolute atomic E-state index is 0.122. The molecule has 0 bridgehead atoms. The second kappa shape index (κ2) is 5.50. The van der Waals surface area contributed by atoms with E-state index in [2.05, 4.69) is 10.5 Å². The summed E-state index contributed by atoms with van der Waals surface area (Å²) in [7, 11) is 3.50. The molecule has 0 aromatic carbocycles. The molecule has 1 amide bonds. The van der Waals surface area contributed by atoms with Crippen LogP contribution in [0.4, 0.5) is 0 Å². The fourth-order valence-electron chi connectivity index (χ4n) is 1.13. The van der Waals surface area contributed by atoms with Crippen LogP contribution in [0.2, 0.25) is 0 Å². The third-order valence-electron chi connectivity index (χ3n) is 1.99. The molecular formula is C10H17N3O2. The van der Waals surface area contributed by atoms with E-state index in [1.807, 2.05) is 13.0 Å². The Kier molecular flexibility index (Phi) is 4.30. The summed E-state index contributed by atoms with van der Waals surface area (Å²) in [6.45, 7) is 3.14. The average Bonchev–Trinajstić information content (AvgIpc) is 2.58. The van der Waals surface area contributed by atoms with Crippen LogP contribution in [0, 0.1) is 6.92 Å². The molecule has 0 fully saturated rings. The van der Waals surface area contributed by atoms with Crippen LogP contribution < -0.4 is 5.32 Å². The summed E-state index contributed by atoms with van der Waals surface area (Å²) < 4.78 is 5.01. The molecule has 0 radical (unpaired) electrons. The first-order chi connectivity index (χ1) is 7.09. The first-order valence-corrected chi connectivity index (χ1v) is 4.92. The van der Waals surface area contributed by atoms with Gasteiger partial charge in [-0.3, -0.25) is 4.79 Å². The van der Waals surface area contributed by atoms with Crippen molar-refractivity contribution in [2.24, 2.45) is 0 Å². The van der Waals surface area contributed by atoms with Crippen molar-refractivity contribution in [2.45, 2.75) is 19.9 Å². The van der Waals surface area contributed by atoms with Crippen LogP contribution in [0.25, 0.3) is 0 Å². The Balaban J connectivity index is 2.15. The van der Waals surface area contributed by atoms with Crippen molar-refractivity contribution < 1.29 is 9.32 Å². The van der Waals surface area contributed by atoms with Gasteiger partial charge in [0.2, 0.25) is 5.91 Å². The van der Waals surface area contributed by atoms with Crippen LogP contribution in [0.15, 0.2) is 10.6 Å². The number of aromatic nitrogens is 1. The lowest BCUT2D eigenvalue weighted by atomic mass is 10.3. The van der Waals surface area contributed by atoms with Crippen molar-refractivity contribution in [3.05, 3.63) is 17.5 Å². The highest BCUT2D eigenvalue weighted by Gasteiger charge is 2.03. The van der Waals surface area contributed by atoms with Crippen molar-refractivity contribution in [3.63, 3.8) is 0 Å². The number of nitrogens with one attached hydrogen (secondary N) is 1. The Hall–Kier alpha value is -1.36. The molecule has 5 nitrogen and oxygen atoms in total. The van der Waals surface area contributed by atoms with Gasteiger partial charge in [0, 0.05) is 33.1 Å². The highest BCUT2D eigenvalue weighted by Crippen LogP contribution is 2.00. The van der Waals surface area contributed by atoms with Gasteiger partial charge in [-0.25, -0.2) is 0 Å². The maximum Gasteiger partial charge on any atom is 0.223 e. The molecule has 0 atom stereocenters. The third kappa shape index (κ3) is 4.12.